The van der Waals surface area contributed by atoms with Gasteiger partial charge in [-0.1, -0.05) is 12.5 Å². The summed E-state index contributed by atoms with van der Waals surface area (Å²) in [6.45, 7) is 5.09. The molecule has 4 nitrogen and oxygen atoms in total. The van der Waals surface area contributed by atoms with E-state index in [1.165, 1.54) is 12.8 Å². The third-order valence-corrected chi connectivity index (χ3v) is 3.68. The number of carbonyl (C=O) groups excluding carboxylic acids is 1. The molecule has 2 N–H and O–H groups in total. The molecule has 0 bridgehead atoms. The maximum Gasteiger partial charge on any atom is 0.224 e. The smallest absolute Gasteiger partial charge is 0.224 e. The van der Waals surface area contributed by atoms with Crippen LogP contribution in [-0.4, -0.2) is 29.5 Å². The Morgan fingerprint density at radius 2 is 2.37 bits per heavy atom. The molecule has 1 aromatic heterocycles. The average Bonchev–Trinajstić information content (AvgIpc) is 2.42. The number of aryl methyl sites for hydroxylation is 1. The van der Waals surface area contributed by atoms with Crippen molar-refractivity contribution in [3.8, 4) is 0 Å². The van der Waals surface area contributed by atoms with Crippen molar-refractivity contribution in [3.63, 3.8) is 0 Å². The molecule has 0 radical (unpaired) electrons. The van der Waals surface area contributed by atoms with Crippen molar-refractivity contribution in [2.24, 2.45) is 0 Å². The highest BCUT2D eigenvalue weighted by atomic mass is 16.1. The van der Waals surface area contributed by atoms with Crippen molar-refractivity contribution in [1.82, 2.24) is 15.6 Å². The number of carbonyl (C=O) groups is 1. The lowest BCUT2D eigenvalue weighted by Gasteiger charge is -2.29. The summed E-state index contributed by atoms with van der Waals surface area (Å²) in [5.74, 6) is 0.0746. The van der Waals surface area contributed by atoms with E-state index in [0.717, 1.165) is 24.2 Å². The number of amides is 1. The van der Waals surface area contributed by atoms with E-state index in [2.05, 4.69) is 22.5 Å². The zero-order valence-electron chi connectivity index (χ0n) is 11.8. The molecule has 0 aromatic carbocycles. The number of hydrogen-bond donors (Lipinski definition) is 2. The zero-order chi connectivity index (χ0) is 13.7. The van der Waals surface area contributed by atoms with Crippen LogP contribution in [0.1, 0.15) is 37.4 Å². The summed E-state index contributed by atoms with van der Waals surface area (Å²) < 4.78 is 0. The van der Waals surface area contributed by atoms with Gasteiger partial charge in [0.15, 0.2) is 0 Å². The highest BCUT2D eigenvalue weighted by Crippen LogP contribution is 2.10. The quantitative estimate of drug-likeness (QED) is 0.865. The highest BCUT2D eigenvalue weighted by molar-refractivity contribution is 5.78. The second-order valence-corrected chi connectivity index (χ2v) is 5.40. The van der Waals surface area contributed by atoms with Crippen LogP contribution in [0.4, 0.5) is 0 Å². The first-order valence-corrected chi connectivity index (χ1v) is 7.09. The molecule has 4 heteroatoms. The summed E-state index contributed by atoms with van der Waals surface area (Å²) in [5, 5.41) is 6.55. The lowest BCUT2D eigenvalue weighted by atomic mass is 9.99. The maximum atomic E-state index is 12.0. The molecule has 2 heterocycles. The van der Waals surface area contributed by atoms with Crippen molar-refractivity contribution in [3.05, 3.63) is 29.6 Å². The Balaban J connectivity index is 1.81. The minimum atomic E-state index is 0.0746. The summed E-state index contributed by atoms with van der Waals surface area (Å²) in [4.78, 5) is 16.2. The van der Waals surface area contributed by atoms with Gasteiger partial charge in [0, 0.05) is 24.0 Å². The number of nitrogens with zero attached hydrogens (tertiary/aromatic N) is 1. The molecule has 2 atom stereocenters. The summed E-state index contributed by atoms with van der Waals surface area (Å²) in [7, 11) is 0. The standard InChI is InChI=1S/C15H23N3O/c1-11-6-7-13(10-17-11)9-15(19)18-12(2)14-5-3-4-8-16-14/h6-7,10,12,14,16H,3-5,8-9H2,1-2H3,(H,18,19)/t12-,14-/m0/s1. The fourth-order valence-corrected chi connectivity index (χ4v) is 2.50. The SMILES string of the molecule is Cc1ccc(CC(=O)N[C@@H](C)[C@@H]2CCCCN2)cn1. The van der Waals surface area contributed by atoms with Crippen molar-refractivity contribution < 1.29 is 4.79 Å². The zero-order valence-corrected chi connectivity index (χ0v) is 11.8. The molecule has 1 aliphatic rings. The molecule has 0 unspecified atom stereocenters. The fraction of sp³-hybridized carbons (Fsp3) is 0.600. The number of piperidine rings is 1. The van der Waals surface area contributed by atoms with E-state index in [1.54, 1.807) is 6.20 Å². The van der Waals surface area contributed by atoms with Gasteiger partial charge in [0.05, 0.1) is 6.42 Å². The molecule has 1 saturated heterocycles. The second-order valence-electron chi connectivity index (χ2n) is 5.40. The predicted octanol–water partition coefficient (Wildman–Crippen LogP) is 1.58. The Morgan fingerprint density at radius 3 is 3.00 bits per heavy atom. The van der Waals surface area contributed by atoms with E-state index < -0.39 is 0 Å². The molecule has 104 valence electrons. The number of nitrogens with one attached hydrogen (secondary N) is 2. The van der Waals surface area contributed by atoms with Gasteiger partial charge in [-0.15, -0.1) is 0 Å². The van der Waals surface area contributed by atoms with Crippen LogP contribution in [0.25, 0.3) is 0 Å². The molecule has 1 aromatic rings. The van der Waals surface area contributed by atoms with Gasteiger partial charge < -0.3 is 10.6 Å². The molecule has 19 heavy (non-hydrogen) atoms. The van der Waals surface area contributed by atoms with Gasteiger partial charge in [-0.25, -0.2) is 0 Å². The average molecular weight is 261 g/mol. The molecular weight excluding hydrogens is 238 g/mol. The first kappa shape index (κ1) is 14.0. The summed E-state index contributed by atoms with van der Waals surface area (Å²) in [6.07, 6.45) is 5.82. The third kappa shape index (κ3) is 4.31. The Kier molecular flexibility index (Phi) is 4.91. The number of hydrogen-bond acceptors (Lipinski definition) is 3. The van der Waals surface area contributed by atoms with E-state index in [9.17, 15) is 4.79 Å². The van der Waals surface area contributed by atoms with E-state index in [0.29, 0.717) is 12.5 Å². The minimum Gasteiger partial charge on any atom is -0.352 e. The molecule has 0 aliphatic carbocycles. The molecule has 0 saturated carbocycles. The fourth-order valence-electron chi connectivity index (χ4n) is 2.50. The van der Waals surface area contributed by atoms with Gasteiger partial charge in [0.25, 0.3) is 0 Å². The van der Waals surface area contributed by atoms with Crippen molar-refractivity contribution in [2.45, 2.75) is 51.6 Å². The first-order chi connectivity index (χ1) is 9.15. The van der Waals surface area contributed by atoms with Gasteiger partial charge in [-0.2, -0.15) is 0 Å². The van der Waals surface area contributed by atoms with E-state index in [4.69, 9.17) is 0 Å². The van der Waals surface area contributed by atoms with Crippen LogP contribution in [0, 0.1) is 6.92 Å². The number of rotatable bonds is 4. The summed E-state index contributed by atoms with van der Waals surface area (Å²) in [6, 6.07) is 4.50. The Labute approximate surface area is 115 Å². The summed E-state index contributed by atoms with van der Waals surface area (Å²) in [5.41, 5.74) is 1.94. The van der Waals surface area contributed by atoms with Gasteiger partial charge >= 0.3 is 0 Å². The molecular formula is C15H23N3O. The minimum absolute atomic E-state index is 0.0746. The normalized spacial score (nSPS) is 20.8. The van der Waals surface area contributed by atoms with Crippen LogP contribution in [-0.2, 0) is 11.2 Å². The Morgan fingerprint density at radius 1 is 1.53 bits per heavy atom. The second kappa shape index (κ2) is 6.66. The van der Waals surface area contributed by atoms with Gasteiger partial charge in [0.2, 0.25) is 5.91 Å². The molecule has 1 fully saturated rings. The third-order valence-electron chi connectivity index (χ3n) is 3.68. The van der Waals surface area contributed by atoms with Crippen LogP contribution in [0.2, 0.25) is 0 Å². The first-order valence-electron chi connectivity index (χ1n) is 7.09. The van der Waals surface area contributed by atoms with Gasteiger partial charge in [0.1, 0.15) is 0 Å². The monoisotopic (exact) mass is 261 g/mol. The van der Waals surface area contributed by atoms with Crippen LogP contribution in [0.5, 0.6) is 0 Å². The largest absolute Gasteiger partial charge is 0.352 e. The van der Waals surface area contributed by atoms with Crippen LogP contribution in [0.15, 0.2) is 18.3 Å². The molecule has 2 rings (SSSR count). The van der Waals surface area contributed by atoms with Crippen molar-refractivity contribution >= 4 is 5.91 Å². The van der Waals surface area contributed by atoms with Gasteiger partial charge in [-0.3, -0.25) is 9.78 Å². The predicted molar refractivity (Wildman–Crippen MR) is 75.9 cm³/mol. The Hall–Kier alpha value is -1.42. The van der Waals surface area contributed by atoms with Crippen molar-refractivity contribution in [1.29, 1.82) is 0 Å². The summed E-state index contributed by atoms with van der Waals surface area (Å²) >= 11 is 0. The number of pyridine rings is 1. The van der Waals surface area contributed by atoms with Crippen LogP contribution >= 0.6 is 0 Å². The van der Waals surface area contributed by atoms with E-state index >= 15 is 0 Å². The van der Waals surface area contributed by atoms with Crippen LogP contribution in [0.3, 0.4) is 0 Å². The highest BCUT2D eigenvalue weighted by Gasteiger charge is 2.20. The molecule has 1 aliphatic heterocycles. The molecule has 0 spiro atoms. The van der Waals surface area contributed by atoms with Gasteiger partial charge in [-0.05, 0) is 44.9 Å². The van der Waals surface area contributed by atoms with Crippen molar-refractivity contribution in [2.75, 3.05) is 6.54 Å². The molecule has 1 amide bonds. The maximum absolute atomic E-state index is 12.0. The topological polar surface area (TPSA) is 54.0 Å². The Bertz CT molecular complexity index is 410. The van der Waals surface area contributed by atoms with E-state index in [-0.39, 0.29) is 11.9 Å². The lowest BCUT2D eigenvalue weighted by molar-refractivity contribution is -0.121. The van der Waals surface area contributed by atoms with E-state index in [1.807, 2.05) is 19.1 Å². The van der Waals surface area contributed by atoms with Crippen LogP contribution < -0.4 is 10.6 Å². The number of aromatic nitrogens is 1. The lowest BCUT2D eigenvalue weighted by Crippen LogP contribution is -2.50.